The van der Waals surface area contributed by atoms with Crippen molar-refractivity contribution >= 4 is 17.6 Å². The molecule has 7 nitrogen and oxygen atoms in total. The van der Waals surface area contributed by atoms with Crippen molar-refractivity contribution in [2.45, 2.75) is 51.7 Å². The Kier molecular flexibility index (Phi) is 8.72. The smallest absolute Gasteiger partial charge is 0.339 e. The van der Waals surface area contributed by atoms with Crippen LogP contribution in [0.2, 0.25) is 0 Å². The monoisotopic (exact) mass is 454 g/mol. The molecule has 2 unspecified atom stereocenters. The van der Waals surface area contributed by atoms with Crippen LogP contribution in [0.5, 0.6) is 5.75 Å². The molecule has 1 aliphatic rings. The number of hydrogen-bond donors (Lipinski definition) is 2. The number of amides is 1. The van der Waals surface area contributed by atoms with Gasteiger partial charge in [-0.25, -0.2) is 4.79 Å². The zero-order valence-electron chi connectivity index (χ0n) is 19.7. The third kappa shape index (κ3) is 6.26. The van der Waals surface area contributed by atoms with Crippen molar-refractivity contribution in [3.8, 4) is 5.75 Å². The Bertz CT molecular complexity index is 955. The van der Waals surface area contributed by atoms with Crippen LogP contribution in [-0.4, -0.2) is 49.9 Å². The summed E-state index contributed by atoms with van der Waals surface area (Å²) in [5.74, 6) is -0.951. The minimum absolute atomic E-state index is 0.0855. The Morgan fingerprint density at radius 3 is 2.52 bits per heavy atom. The third-order valence-corrected chi connectivity index (χ3v) is 6.07. The van der Waals surface area contributed by atoms with Crippen molar-refractivity contribution in [2.24, 2.45) is 0 Å². The van der Waals surface area contributed by atoms with Crippen molar-refractivity contribution in [1.29, 1.82) is 0 Å². The van der Waals surface area contributed by atoms with Gasteiger partial charge in [-0.2, -0.15) is 0 Å². The van der Waals surface area contributed by atoms with Crippen LogP contribution in [0, 0.1) is 0 Å². The summed E-state index contributed by atoms with van der Waals surface area (Å²) in [7, 11) is 1.65. The van der Waals surface area contributed by atoms with Gasteiger partial charge in [-0.05, 0) is 56.9 Å². The van der Waals surface area contributed by atoms with Crippen LogP contribution in [0.25, 0.3) is 0 Å². The van der Waals surface area contributed by atoms with Crippen LogP contribution in [-0.2, 0) is 16.0 Å². The molecule has 2 N–H and O–H groups in total. The first-order chi connectivity index (χ1) is 15.9. The van der Waals surface area contributed by atoms with E-state index in [-0.39, 0.29) is 35.8 Å². The lowest BCUT2D eigenvalue weighted by Crippen LogP contribution is -2.38. The van der Waals surface area contributed by atoms with Crippen LogP contribution in [0.15, 0.2) is 42.5 Å². The molecule has 0 aromatic heterocycles. The second-order valence-corrected chi connectivity index (χ2v) is 8.34. The van der Waals surface area contributed by atoms with Gasteiger partial charge in [0.25, 0.3) is 0 Å². The van der Waals surface area contributed by atoms with Crippen LogP contribution in [0.3, 0.4) is 0 Å². The second kappa shape index (κ2) is 11.7. The normalized spacial score (nSPS) is 15.5. The number of carboxylic acid groups (broad SMARTS) is 1. The number of methoxy groups -OCH3 is 1. The molecule has 178 valence electrons. The van der Waals surface area contributed by atoms with Crippen LogP contribution < -0.4 is 15.0 Å². The highest BCUT2D eigenvalue weighted by molar-refractivity contribution is 5.91. The molecule has 1 amide bonds. The molecule has 7 heteroatoms. The van der Waals surface area contributed by atoms with E-state index in [1.165, 1.54) is 25.3 Å². The molecule has 0 radical (unpaired) electrons. The van der Waals surface area contributed by atoms with Crippen molar-refractivity contribution < 1.29 is 24.2 Å². The summed E-state index contributed by atoms with van der Waals surface area (Å²) in [6.07, 6.45) is 3.46. The predicted octanol–water partition coefficient (Wildman–Crippen LogP) is 4.21. The number of ether oxygens (including phenoxy) is 2. The van der Waals surface area contributed by atoms with E-state index in [2.05, 4.69) is 22.3 Å². The van der Waals surface area contributed by atoms with Gasteiger partial charge < -0.3 is 24.8 Å². The molecule has 2 aromatic carbocycles. The highest BCUT2D eigenvalue weighted by atomic mass is 16.5. The summed E-state index contributed by atoms with van der Waals surface area (Å²) in [6.45, 7) is 6.11. The number of piperidine rings is 1. The molecule has 33 heavy (non-hydrogen) atoms. The van der Waals surface area contributed by atoms with Crippen LogP contribution in [0.1, 0.15) is 60.6 Å². The lowest BCUT2D eigenvalue weighted by atomic mass is 9.97. The molecule has 0 bridgehead atoms. The number of hydrogen-bond acceptors (Lipinski definition) is 5. The average Bonchev–Trinajstić information content (AvgIpc) is 2.83. The number of carbonyl (C=O) groups excluding carboxylic acids is 1. The molecule has 1 heterocycles. The van der Waals surface area contributed by atoms with Gasteiger partial charge in [0.1, 0.15) is 11.3 Å². The minimum atomic E-state index is -1.06. The Morgan fingerprint density at radius 1 is 1.12 bits per heavy atom. The number of anilines is 1. The maximum atomic E-state index is 13.1. The summed E-state index contributed by atoms with van der Waals surface area (Å²) in [5.41, 5.74) is 2.95. The molecule has 0 aliphatic carbocycles. The second-order valence-electron chi connectivity index (χ2n) is 8.34. The Balaban J connectivity index is 1.81. The standard InChI is InChI=1S/C26H34N2O5/c1-4-33-23-16-19(12-13-21(23)26(30)31)17-24(29)27-25(18(2)32-3)20-10-6-7-11-22(20)28-14-8-5-9-15-28/h6-7,10-13,16,18,25H,4-5,8-9,14-15,17H2,1-3H3,(H,27,29)(H,30,31). The SMILES string of the molecule is CCOc1cc(CC(=O)NC(c2ccccc2N2CCCCC2)C(C)OC)ccc1C(=O)O. The van der Waals surface area contributed by atoms with Crippen molar-refractivity contribution in [3.05, 3.63) is 59.2 Å². The molecule has 2 aromatic rings. The van der Waals surface area contributed by atoms with E-state index in [1.807, 2.05) is 19.1 Å². The Morgan fingerprint density at radius 2 is 1.85 bits per heavy atom. The maximum Gasteiger partial charge on any atom is 0.339 e. The number of rotatable bonds is 10. The largest absolute Gasteiger partial charge is 0.493 e. The van der Waals surface area contributed by atoms with E-state index in [0.29, 0.717) is 12.2 Å². The number of para-hydroxylation sites is 1. The van der Waals surface area contributed by atoms with Crippen molar-refractivity contribution in [1.82, 2.24) is 5.32 Å². The quantitative estimate of drug-likeness (QED) is 0.559. The lowest BCUT2D eigenvalue weighted by molar-refractivity contribution is -0.122. The minimum Gasteiger partial charge on any atom is -0.493 e. The van der Waals surface area contributed by atoms with Crippen molar-refractivity contribution in [2.75, 3.05) is 31.7 Å². The van der Waals surface area contributed by atoms with Gasteiger partial charge in [-0.1, -0.05) is 24.3 Å². The van der Waals surface area contributed by atoms with E-state index >= 15 is 0 Å². The molecule has 1 aliphatic heterocycles. The van der Waals surface area contributed by atoms with Crippen LogP contribution in [0.4, 0.5) is 5.69 Å². The van der Waals surface area contributed by atoms with Gasteiger partial charge in [-0.15, -0.1) is 0 Å². The van der Waals surface area contributed by atoms with Crippen LogP contribution >= 0.6 is 0 Å². The fourth-order valence-corrected chi connectivity index (χ4v) is 4.30. The van der Waals surface area contributed by atoms with Gasteiger partial charge in [0, 0.05) is 31.5 Å². The van der Waals surface area contributed by atoms with Gasteiger partial charge >= 0.3 is 5.97 Å². The fourth-order valence-electron chi connectivity index (χ4n) is 4.30. The first-order valence-electron chi connectivity index (χ1n) is 11.6. The van der Waals surface area contributed by atoms with Gasteiger partial charge in [0.05, 0.1) is 25.2 Å². The molecule has 1 saturated heterocycles. The number of aromatic carboxylic acids is 1. The first-order valence-corrected chi connectivity index (χ1v) is 11.6. The molecular formula is C26H34N2O5. The number of carboxylic acids is 1. The lowest BCUT2D eigenvalue weighted by Gasteiger charge is -2.34. The summed E-state index contributed by atoms with van der Waals surface area (Å²) in [4.78, 5) is 26.9. The summed E-state index contributed by atoms with van der Waals surface area (Å²) < 4.78 is 11.1. The van der Waals surface area contributed by atoms with E-state index in [4.69, 9.17) is 9.47 Å². The number of benzene rings is 2. The van der Waals surface area contributed by atoms with E-state index in [0.717, 1.165) is 24.3 Å². The number of carbonyl (C=O) groups is 2. The third-order valence-electron chi connectivity index (χ3n) is 6.07. The van der Waals surface area contributed by atoms with E-state index < -0.39 is 5.97 Å². The average molecular weight is 455 g/mol. The zero-order chi connectivity index (χ0) is 23.8. The first kappa shape index (κ1) is 24.6. The molecule has 2 atom stereocenters. The van der Waals surface area contributed by atoms with Gasteiger partial charge in [0.15, 0.2) is 0 Å². The topological polar surface area (TPSA) is 88.1 Å². The predicted molar refractivity (Wildman–Crippen MR) is 128 cm³/mol. The molecular weight excluding hydrogens is 420 g/mol. The number of nitrogens with zero attached hydrogens (tertiary/aromatic N) is 1. The zero-order valence-corrected chi connectivity index (χ0v) is 19.7. The highest BCUT2D eigenvalue weighted by Crippen LogP contribution is 2.31. The highest BCUT2D eigenvalue weighted by Gasteiger charge is 2.26. The van der Waals surface area contributed by atoms with Gasteiger partial charge in [0.2, 0.25) is 5.91 Å². The molecule has 3 rings (SSSR count). The maximum absolute atomic E-state index is 13.1. The summed E-state index contributed by atoms with van der Waals surface area (Å²) in [5, 5.41) is 12.5. The summed E-state index contributed by atoms with van der Waals surface area (Å²) in [6, 6.07) is 12.6. The molecule has 0 spiro atoms. The Labute approximate surface area is 195 Å². The Hall–Kier alpha value is -3.06. The van der Waals surface area contributed by atoms with E-state index in [1.54, 1.807) is 26.2 Å². The summed E-state index contributed by atoms with van der Waals surface area (Å²) >= 11 is 0. The van der Waals surface area contributed by atoms with Gasteiger partial charge in [-0.3, -0.25) is 4.79 Å². The molecule has 1 fully saturated rings. The fraction of sp³-hybridized carbons (Fsp3) is 0.462. The van der Waals surface area contributed by atoms with Crippen molar-refractivity contribution in [3.63, 3.8) is 0 Å². The van der Waals surface area contributed by atoms with E-state index in [9.17, 15) is 14.7 Å². The molecule has 0 saturated carbocycles. The number of nitrogens with one attached hydrogen (secondary N) is 1.